The Morgan fingerprint density at radius 2 is 1.93 bits per heavy atom. The molecule has 3 heterocycles. The van der Waals surface area contributed by atoms with Crippen LogP contribution >= 0.6 is 22.7 Å². The Bertz CT molecular complexity index is 1850. The van der Waals surface area contributed by atoms with Gasteiger partial charge in [-0.05, 0) is 62.1 Å². The van der Waals surface area contributed by atoms with Crippen molar-refractivity contribution >= 4 is 34.7 Å². The highest BCUT2D eigenvalue weighted by molar-refractivity contribution is 7.10. The Hall–Kier alpha value is -4.46. The maximum atomic E-state index is 13.8. The molecule has 5 rings (SSSR count). The number of nitrogens with zero attached hydrogens (tertiary/aromatic N) is 3. The first kappa shape index (κ1) is 28.1. The van der Waals surface area contributed by atoms with Crippen molar-refractivity contribution in [3.05, 3.63) is 113 Å². The number of benzene rings is 2. The molecule has 0 spiro atoms. The largest absolute Gasteiger partial charge is 0.490 e. The number of thiophene rings is 1. The second kappa shape index (κ2) is 12.4. The van der Waals surface area contributed by atoms with E-state index in [2.05, 4.69) is 11.1 Å². The molecule has 0 radical (unpaired) electrons. The Morgan fingerprint density at radius 1 is 1.10 bits per heavy atom. The van der Waals surface area contributed by atoms with Crippen LogP contribution in [0.1, 0.15) is 48.4 Å². The summed E-state index contributed by atoms with van der Waals surface area (Å²) in [6, 6.07) is 18.1. The minimum atomic E-state index is -0.613. The standard InChI is InChI=1S/C31H27N3O5S2/c1-4-37-24-15-20(12-13-23(24)39-18-22-10-7-6-9-21(22)17-32)16-26-29(35)34-28(25-11-8-14-40-25)27(30(36)38-5-2)19(3)33-31(34)41-26/h6-16,28H,4-5,18H2,1-3H3/b26-16-/t28-/m1/s1. The Balaban J connectivity index is 1.53. The first-order valence-electron chi connectivity index (χ1n) is 13.1. The molecule has 1 aliphatic heterocycles. The molecule has 4 aromatic rings. The number of thiazole rings is 1. The van der Waals surface area contributed by atoms with Crippen molar-refractivity contribution in [2.24, 2.45) is 4.99 Å². The van der Waals surface area contributed by atoms with Gasteiger partial charge in [-0.3, -0.25) is 9.36 Å². The van der Waals surface area contributed by atoms with Crippen molar-refractivity contribution in [3.8, 4) is 17.6 Å². The van der Waals surface area contributed by atoms with Crippen LogP contribution in [0.5, 0.6) is 11.5 Å². The fourth-order valence-electron chi connectivity index (χ4n) is 4.57. The maximum absolute atomic E-state index is 13.8. The smallest absolute Gasteiger partial charge is 0.338 e. The van der Waals surface area contributed by atoms with Crippen LogP contribution in [0.2, 0.25) is 0 Å². The molecule has 2 aromatic heterocycles. The number of fused-ring (bicyclic) bond motifs is 1. The van der Waals surface area contributed by atoms with E-state index in [1.807, 2.05) is 54.8 Å². The van der Waals surface area contributed by atoms with Crippen molar-refractivity contribution in [2.75, 3.05) is 13.2 Å². The predicted molar refractivity (Wildman–Crippen MR) is 158 cm³/mol. The van der Waals surface area contributed by atoms with Crippen molar-refractivity contribution in [3.63, 3.8) is 0 Å². The lowest BCUT2D eigenvalue weighted by molar-refractivity contribution is -0.139. The van der Waals surface area contributed by atoms with E-state index in [-0.39, 0.29) is 18.8 Å². The molecule has 2 aromatic carbocycles. The summed E-state index contributed by atoms with van der Waals surface area (Å²) in [6.45, 7) is 6.27. The lowest BCUT2D eigenvalue weighted by atomic mass is 10.0. The van der Waals surface area contributed by atoms with Gasteiger partial charge in [-0.2, -0.15) is 5.26 Å². The number of nitriles is 1. The molecule has 208 valence electrons. The van der Waals surface area contributed by atoms with E-state index in [1.165, 1.54) is 22.7 Å². The molecule has 1 aliphatic rings. The van der Waals surface area contributed by atoms with Crippen LogP contribution in [0.15, 0.2) is 81.0 Å². The minimum absolute atomic E-state index is 0.215. The molecular weight excluding hydrogens is 558 g/mol. The van der Waals surface area contributed by atoms with Crippen LogP contribution in [0.3, 0.4) is 0 Å². The number of hydrogen-bond donors (Lipinski definition) is 0. The van der Waals surface area contributed by atoms with Gasteiger partial charge in [0.05, 0.1) is 40.6 Å². The van der Waals surface area contributed by atoms with E-state index < -0.39 is 12.0 Å². The van der Waals surface area contributed by atoms with Crippen molar-refractivity contribution in [2.45, 2.75) is 33.4 Å². The summed E-state index contributed by atoms with van der Waals surface area (Å²) >= 11 is 2.74. The van der Waals surface area contributed by atoms with E-state index in [4.69, 9.17) is 14.2 Å². The summed E-state index contributed by atoms with van der Waals surface area (Å²) in [6.07, 6.45) is 1.79. The second-order valence-electron chi connectivity index (χ2n) is 9.01. The van der Waals surface area contributed by atoms with Crippen molar-refractivity contribution in [1.29, 1.82) is 5.26 Å². The molecule has 0 saturated heterocycles. The molecular formula is C31H27N3O5S2. The quantitative estimate of drug-likeness (QED) is 0.264. The van der Waals surface area contributed by atoms with Crippen LogP contribution < -0.4 is 24.4 Å². The van der Waals surface area contributed by atoms with E-state index >= 15 is 0 Å². The molecule has 10 heteroatoms. The van der Waals surface area contributed by atoms with Gasteiger partial charge in [-0.15, -0.1) is 11.3 Å². The molecule has 0 saturated carbocycles. The molecule has 1 atom stereocenters. The lowest BCUT2D eigenvalue weighted by Crippen LogP contribution is -2.39. The zero-order chi connectivity index (χ0) is 28.9. The van der Waals surface area contributed by atoms with Crippen molar-refractivity contribution < 1.29 is 19.0 Å². The van der Waals surface area contributed by atoms with E-state index in [0.717, 1.165) is 16.0 Å². The van der Waals surface area contributed by atoms with Crippen LogP contribution in [0, 0.1) is 11.3 Å². The van der Waals surface area contributed by atoms with E-state index in [0.29, 0.717) is 44.3 Å². The number of aromatic nitrogens is 1. The first-order chi connectivity index (χ1) is 19.9. The molecule has 0 amide bonds. The third-order valence-electron chi connectivity index (χ3n) is 6.42. The van der Waals surface area contributed by atoms with Gasteiger partial charge >= 0.3 is 5.97 Å². The molecule has 0 aliphatic carbocycles. The van der Waals surface area contributed by atoms with Crippen LogP contribution in [0.25, 0.3) is 6.08 Å². The van der Waals surface area contributed by atoms with Gasteiger partial charge in [0, 0.05) is 10.4 Å². The number of hydrogen-bond acceptors (Lipinski definition) is 9. The molecule has 0 bridgehead atoms. The number of allylic oxidation sites excluding steroid dienone is 1. The third-order valence-corrected chi connectivity index (χ3v) is 8.32. The first-order valence-corrected chi connectivity index (χ1v) is 14.8. The topological polar surface area (TPSA) is 103 Å². The van der Waals surface area contributed by atoms with Gasteiger partial charge in [-0.1, -0.05) is 41.7 Å². The summed E-state index contributed by atoms with van der Waals surface area (Å²) in [5.74, 6) is 0.585. The van der Waals surface area contributed by atoms with Crippen LogP contribution in [0.4, 0.5) is 0 Å². The molecule has 41 heavy (non-hydrogen) atoms. The zero-order valence-corrected chi connectivity index (χ0v) is 24.4. The third kappa shape index (κ3) is 5.73. The van der Waals surface area contributed by atoms with Crippen LogP contribution in [-0.4, -0.2) is 23.8 Å². The molecule has 8 nitrogen and oxygen atoms in total. The maximum Gasteiger partial charge on any atom is 0.338 e. The Morgan fingerprint density at radius 3 is 2.66 bits per heavy atom. The highest BCUT2D eigenvalue weighted by Gasteiger charge is 2.33. The van der Waals surface area contributed by atoms with Crippen molar-refractivity contribution in [1.82, 2.24) is 4.57 Å². The Kier molecular flexibility index (Phi) is 8.47. The Labute approximate surface area is 244 Å². The zero-order valence-electron chi connectivity index (χ0n) is 22.7. The fraction of sp³-hybridized carbons (Fsp3) is 0.226. The highest BCUT2D eigenvalue weighted by Crippen LogP contribution is 2.33. The highest BCUT2D eigenvalue weighted by atomic mass is 32.1. The number of carbonyl (C=O) groups is 1. The average molecular weight is 586 g/mol. The number of ether oxygens (including phenoxy) is 3. The summed E-state index contributed by atoms with van der Waals surface area (Å²) < 4.78 is 19.3. The van der Waals surface area contributed by atoms with E-state index in [1.54, 1.807) is 36.6 Å². The SMILES string of the molecule is CCOC(=O)C1=C(C)N=c2s/c(=C\c3ccc(OCc4ccccc4C#N)c(OCC)c3)c(=O)n2[C@@H]1c1cccs1. The van der Waals surface area contributed by atoms with Gasteiger partial charge in [0.1, 0.15) is 12.6 Å². The predicted octanol–water partition coefficient (Wildman–Crippen LogP) is 4.71. The van der Waals surface area contributed by atoms with Gasteiger partial charge in [0.25, 0.3) is 5.56 Å². The molecule has 0 unspecified atom stereocenters. The van der Waals surface area contributed by atoms with E-state index in [9.17, 15) is 14.9 Å². The summed E-state index contributed by atoms with van der Waals surface area (Å²) in [5.41, 5.74) is 2.74. The normalized spacial score (nSPS) is 14.7. The number of carbonyl (C=O) groups excluding carboxylic acids is 1. The fourth-order valence-corrected chi connectivity index (χ4v) is 6.44. The number of esters is 1. The van der Waals surface area contributed by atoms with Gasteiger partial charge < -0.3 is 14.2 Å². The van der Waals surface area contributed by atoms with Gasteiger partial charge in [0.2, 0.25) is 0 Å². The summed E-state index contributed by atoms with van der Waals surface area (Å²) in [7, 11) is 0. The molecule has 0 fully saturated rings. The monoisotopic (exact) mass is 585 g/mol. The minimum Gasteiger partial charge on any atom is -0.490 e. The van der Waals surface area contributed by atoms with Crippen LogP contribution in [-0.2, 0) is 16.1 Å². The lowest BCUT2D eigenvalue weighted by Gasteiger charge is -2.23. The number of rotatable bonds is 9. The molecule has 0 N–H and O–H groups in total. The average Bonchev–Trinajstić information content (AvgIpc) is 3.61. The van der Waals surface area contributed by atoms with Gasteiger partial charge in [-0.25, -0.2) is 9.79 Å². The summed E-state index contributed by atoms with van der Waals surface area (Å²) in [4.78, 5) is 32.7. The second-order valence-corrected chi connectivity index (χ2v) is 11.0. The van der Waals surface area contributed by atoms with Gasteiger partial charge in [0.15, 0.2) is 16.3 Å². The summed E-state index contributed by atoms with van der Waals surface area (Å²) in [5, 5.41) is 11.3.